The Hall–Kier alpha value is -2.44. The predicted octanol–water partition coefficient (Wildman–Crippen LogP) is 3.42. The molecule has 1 aromatic heterocycles. The zero-order valence-corrected chi connectivity index (χ0v) is 15.6. The van der Waals surface area contributed by atoms with Crippen molar-refractivity contribution in [1.29, 1.82) is 0 Å². The topological polar surface area (TPSA) is 63.9 Å². The van der Waals surface area contributed by atoms with Gasteiger partial charge in [0.05, 0.1) is 0 Å². The van der Waals surface area contributed by atoms with Gasteiger partial charge in [0.2, 0.25) is 5.91 Å². The second-order valence-electron chi connectivity index (χ2n) is 5.93. The Morgan fingerprint density at radius 1 is 1.19 bits per heavy atom. The Kier molecular flexibility index (Phi) is 5.85. The van der Waals surface area contributed by atoms with Gasteiger partial charge >= 0.3 is 0 Å². The van der Waals surface area contributed by atoms with Crippen LogP contribution in [0.5, 0.6) is 0 Å². The molecular weight excluding hydrogens is 373 g/mol. The van der Waals surface area contributed by atoms with Crippen molar-refractivity contribution in [3.63, 3.8) is 0 Å². The average Bonchev–Trinajstić information content (AvgIpc) is 3.16. The largest absolute Gasteiger partial charge is 0.340 e. The zero-order chi connectivity index (χ0) is 18.5. The summed E-state index contributed by atoms with van der Waals surface area (Å²) in [7, 11) is 1.73. The molecule has 134 valence electrons. The van der Waals surface area contributed by atoms with Crippen molar-refractivity contribution in [2.75, 3.05) is 7.05 Å². The molecule has 0 fully saturated rings. The van der Waals surface area contributed by atoms with Crippen LogP contribution in [-0.2, 0) is 17.8 Å². The number of amides is 1. The maximum absolute atomic E-state index is 13.1. The van der Waals surface area contributed by atoms with Gasteiger partial charge < -0.3 is 4.90 Å². The molecule has 3 aromatic rings. The third-order valence-corrected chi connectivity index (χ3v) is 4.63. The van der Waals surface area contributed by atoms with Crippen molar-refractivity contribution in [2.45, 2.75) is 19.0 Å². The van der Waals surface area contributed by atoms with Gasteiger partial charge in [-0.3, -0.25) is 4.79 Å². The molecule has 6 nitrogen and oxygen atoms in total. The molecule has 0 radical (unpaired) electrons. The lowest BCUT2D eigenvalue weighted by Gasteiger charge is -2.24. The first-order chi connectivity index (χ1) is 12.5. The summed E-state index contributed by atoms with van der Waals surface area (Å²) in [4.78, 5) is 14.7. The van der Waals surface area contributed by atoms with E-state index in [1.54, 1.807) is 24.1 Å². The molecule has 0 saturated heterocycles. The van der Waals surface area contributed by atoms with Crippen molar-refractivity contribution in [3.8, 4) is 0 Å². The van der Waals surface area contributed by atoms with Crippen LogP contribution in [0, 0.1) is 0 Å². The van der Waals surface area contributed by atoms with Gasteiger partial charge in [-0.05, 0) is 33.7 Å². The first kappa shape index (κ1) is 18.4. The van der Waals surface area contributed by atoms with E-state index in [0.717, 1.165) is 11.1 Å². The molecule has 1 atom stereocenters. The lowest BCUT2D eigenvalue weighted by molar-refractivity contribution is -0.134. The van der Waals surface area contributed by atoms with Gasteiger partial charge in [0.1, 0.15) is 12.4 Å². The number of carbonyl (C=O) groups is 1. The fourth-order valence-corrected chi connectivity index (χ4v) is 3.15. The number of hydrogen-bond donors (Lipinski definition) is 0. The maximum atomic E-state index is 13.1. The number of carbonyl (C=O) groups excluding carboxylic acids is 1. The molecule has 0 aliphatic rings. The van der Waals surface area contributed by atoms with Gasteiger partial charge in [-0.1, -0.05) is 59.6 Å². The summed E-state index contributed by atoms with van der Waals surface area (Å²) in [6.07, 6.45) is 1.94. The van der Waals surface area contributed by atoms with E-state index in [-0.39, 0.29) is 5.91 Å². The molecule has 1 amide bonds. The number of aromatic nitrogens is 4. The molecule has 26 heavy (non-hydrogen) atoms. The number of halogens is 2. The third-order valence-electron chi connectivity index (χ3n) is 4.04. The van der Waals surface area contributed by atoms with Gasteiger partial charge in [-0.2, -0.15) is 0 Å². The minimum Gasteiger partial charge on any atom is -0.340 e. The molecule has 0 N–H and O–H groups in total. The van der Waals surface area contributed by atoms with Crippen LogP contribution in [0.3, 0.4) is 0 Å². The SMILES string of the molecule is CN(Cc1ccc(Cl)cc1Cl)C(=O)C(Cc1ccccc1)n1cnnn1. The Morgan fingerprint density at radius 3 is 2.62 bits per heavy atom. The molecular formula is C18H17Cl2N5O. The van der Waals surface area contributed by atoms with Crippen LogP contribution >= 0.6 is 23.2 Å². The van der Waals surface area contributed by atoms with Gasteiger partial charge in [0.15, 0.2) is 0 Å². The third kappa shape index (κ3) is 4.39. The molecule has 8 heteroatoms. The lowest BCUT2D eigenvalue weighted by Crippen LogP contribution is -2.35. The Morgan fingerprint density at radius 2 is 1.96 bits per heavy atom. The summed E-state index contributed by atoms with van der Waals surface area (Å²) in [5, 5.41) is 12.3. The molecule has 2 aromatic carbocycles. The summed E-state index contributed by atoms with van der Waals surface area (Å²) in [5.74, 6) is -0.104. The highest BCUT2D eigenvalue weighted by atomic mass is 35.5. The van der Waals surface area contributed by atoms with Crippen molar-refractivity contribution < 1.29 is 4.79 Å². The van der Waals surface area contributed by atoms with Crippen molar-refractivity contribution >= 4 is 29.1 Å². The highest BCUT2D eigenvalue weighted by Crippen LogP contribution is 2.23. The second-order valence-corrected chi connectivity index (χ2v) is 6.77. The number of nitrogens with zero attached hydrogens (tertiary/aromatic N) is 5. The van der Waals surface area contributed by atoms with E-state index in [2.05, 4.69) is 15.5 Å². The van der Waals surface area contributed by atoms with E-state index >= 15 is 0 Å². The Balaban J connectivity index is 1.80. The van der Waals surface area contributed by atoms with Crippen LogP contribution < -0.4 is 0 Å². The van der Waals surface area contributed by atoms with E-state index < -0.39 is 6.04 Å². The van der Waals surface area contributed by atoms with Crippen LogP contribution in [0.15, 0.2) is 54.9 Å². The molecule has 3 rings (SSSR count). The molecule has 1 heterocycles. The van der Waals surface area contributed by atoms with E-state index in [0.29, 0.717) is 23.0 Å². The first-order valence-corrected chi connectivity index (χ1v) is 8.75. The highest BCUT2D eigenvalue weighted by Gasteiger charge is 2.26. The summed E-state index contributed by atoms with van der Waals surface area (Å²) in [6, 6.07) is 14.5. The highest BCUT2D eigenvalue weighted by molar-refractivity contribution is 6.35. The van der Waals surface area contributed by atoms with E-state index in [1.165, 1.54) is 11.0 Å². The van der Waals surface area contributed by atoms with Gasteiger partial charge in [-0.15, -0.1) is 5.10 Å². The van der Waals surface area contributed by atoms with Crippen LogP contribution in [-0.4, -0.2) is 38.1 Å². The average molecular weight is 390 g/mol. The van der Waals surface area contributed by atoms with Crippen LogP contribution in [0.2, 0.25) is 10.0 Å². The van der Waals surface area contributed by atoms with Crippen molar-refractivity contribution in [1.82, 2.24) is 25.1 Å². The van der Waals surface area contributed by atoms with Crippen molar-refractivity contribution in [3.05, 3.63) is 76.0 Å². The molecule has 0 spiro atoms. The monoisotopic (exact) mass is 389 g/mol. The predicted molar refractivity (Wildman–Crippen MR) is 99.9 cm³/mol. The summed E-state index contributed by atoms with van der Waals surface area (Å²) in [6.45, 7) is 0.363. The Bertz CT molecular complexity index is 871. The molecule has 0 aliphatic heterocycles. The number of benzene rings is 2. The van der Waals surface area contributed by atoms with Crippen LogP contribution in [0.25, 0.3) is 0 Å². The van der Waals surface area contributed by atoms with Crippen LogP contribution in [0.1, 0.15) is 17.2 Å². The maximum Gasteiger partial charge on any atom is 0.247 e. The van der Waals surface area contributed by atoms with Crippen LogP contribution in [0.4, 0.5) is 0 Å². The Labute approximate surface area is 161 Å². The standard InChI is InChI=1S/C18H17Cl2N5O/c1-24(11-14-7-8-15(19)10-16(14)20)18(26)17(25-12-21-22-23-25)9-13-5-3-2-4-6-13/h2-8,10,12,17H,9,11H2,1H3. The summed E-state index contributed by atoms with van der Waals surface area (Å²) in [5.41, 5.74) is 1.85. The number of hydrogen-bond acceptors (Lipinski definition) is 4. The molecule has 0 saturated carbocycles. The first-order valence-electron chi connectivity index (χ1n) is 8.00. The minimum atomic E-state index is -0.538. The fourth-order valence-electron chi connectivity index (χ4n) is 2.68. The quantitative estimate of drug-likeness (QED) is 0.647. The van der Waals surface area contributed by atoms with Gasteiger partial charge in [0, 0.05) is 30.1 Å². The number of tetrazole rings is 1. The lowest BCUT2D eigenvalue weighted by atomic mass is 10.0. The smallest absolute Gasteiger partial charge is 0.247 e. The molecule has 1 unspecified atom stereocenters. The van der Waals surface area contributed by atoms with Crippen molar-refractivity contribution in [2.24, 2.45) is 0 Å². The van der Waals surface area contributed by atoms with Gasteiger partial charge in [-0.25, -0.2) is 4.68 Å². The summed E-state index contributed by atoms with van der Waals surface area (Å²) >= 11 is 12.2. The second kappa shape index (κ2) is 8.29. The van der Waals surface area contributed by atoms with E-state index in [9.17, 15) is 4.79 Å². The zero-order valence-electron chi connectivity index (χ0n) is 14.1. The number of rotatable bonds is 6. The molecule has 0 bridgehead atoms. The molecule has 0 aliphatic carbocycles. The van der Waals surface area contributed by atoms with Gasteiger partial charge in [0.25, 0.3) is 0 Å². The number of likely N-dealkylation sites (N-methyl/N-ethyl adjacent to an activating group) is 1. The van der Waals surface area contributed by atoms with E-state index in [1.807, 2.05) is 36.4 Å². The normalized spacial score (nSPS) is 12.0. The minimum absolute atomic E-state index is 0.104. The summed E-state index contributed by atoms with van der Waals surface area (Å²) < 4.78 is 1.48. The van der Waals surface area contributed by atoms with E-state index in [4.69, 9.17) is 23.2 Å². The fraction of sp³-hybridized carbons (Fsp3) is 0.222.